The van der Waals surface area contributed by atoms with Crippen molar-refractivity contribution in [3.8, 4) is 0 Å². The molecule has 0 radical (unpaired) electrons. The van der Waals surface area contributed by atoms with Crippen molar-refractivity contribution in [2.24, 2.45) is 11.1 Å². The molecule has 104 valence electrons. The maximum atomic E-state index is 12.8. The van der Waals surface area contributed by atoms with Crippen LogP contribution >= 0.6 is 0 Å². The SMILES string of the molecule is CC1CN(C(=O)C2(CN)CCCCC2)CCN1C. The quantitative estimate of drug-likeness (QED) is 0.800. The Bertz CT molecular complexity index is 299. The highest BCUT2D eigenvalue weighted by atomic mass is 16.2. The summed E-state index contributed by atoms with van der Waals surface area (Å²) in [7, 11) is 2.13. The molecule has 1 saturated heterocycles. The van der Waals surface area contributed by atoms with Crippen molar-refractivity contribution in [3.05, 3.63) is 0 Å². The topological polar surface area (TPSA) is 49.6 Å². The number of piperazine rings is 1. The molecule has 18 heavy (non-hydrogen) atoms. The maximum absolute atomic E-state index is 12.8. The molecule has 1 saturated carbocycles. The summed E-state index contributed by atoms with van der Waals surface area (Å²) in [5.74, 6) is 0.324. The standard InChI is InChI=1S/C14H27N3O/c1-12-10-17(9-8-16(12)2)13(18)14(11-15)6-4-3-5-7-14/h12H,3-11,15H2,1-2H3. The van der Waals surface area contributed by atoms with Gasteiger partial charge in [-0.1, -0.05) is 19.3 Å². The first-order valence-corrected chi connectivity index (χ1v) is 7.29. The molecular weight excluding hydrogens is 226 g/mol. The molecule has 1 aliphatic carbocycles. The molecule has 1 unspecified atom stereocenters. The predicted octanol–water partition coefficient (Wildman–Crippen LogP) is 1.06. The predicted molar refractivity (Wildman–Crippen MR) is 73.2 cm³/mol. The van der Waals surface area contributed by atoms with Crippen molar-refractivity contribution in [2.75, 3.05) is 33.2 Å². The molecule has 2 aliphatic rings. The molecule has 1 heterocycles. The molecule has 0 spiro atoms. The first-order chi connectivity index (χ1) is 8.59. The van der Waals surface area contributed by atoms with Crippen LogP contribution in [0.1, 0.15) is 39.0 Å². The number of carbonyl (C=O) groups excluding carboxylic acids is 1. The number of nitrogens with zero attached hydrogens (tertiary/aromatic N) is 2. The van der Waals surface area contributed by atoms with Gasteiger partial charge in [0.05, 0.1) is 5.41 Å². The summed E-state index contributed by atoms with van der Waals surface area (Å²) in [4.78, 5) is 17.2. The van der Waals surface area contributed by atoms with Gasteiger partial charge in [0, 0.05) is 32.2 Å². The summed E-state index contributed by atoms with van der Waals surface area (Å²) in [5.41, 5.74) is 5.71. The Hall–Kier alpha value is -0.610. The summed E-state index contributed by atoms with van der Waals surface area (Å²) in [6.45, 7) is 5.41. The summed E-state index contributed by atoms with van der Waals surface area (Å²) < 4.78 is 0. The molecular formula is C14H27N3O. The second kappa shape index (κ2) is 5.57. The largest absolute Gasteiger partial charge is 0.339 e. The molecule has 1 atom stereocenters. The fourth-order valence-electron chi connectivity index (χ4n) is 3.30. The minimum absolute atomic E-state index is 0.242. The van der Waals surface area contributed by atoms with Gasteiger partial charge in [-0.25, -0.2) is 0 Å². The first kappa shape index (κ1) is 13.8. The van der Waals surface area contributed by atoms with E-state index in [2.05, 4.69) is 23.8 Å². The van der Waals surface area contributed by atoms with E-state index in [9.17, 15) is 4.79 Å². The van der Waals surface area contributed by atoms with Crippen LogP contribution in [0.5, 0.6) is 0 Å². The van der Waals surface area contributed by atoms with Gasteiger partial charge in [0.2, 0.25) is 5.91 Å². The molecule has 2 rings (SSSR count). The number of rotatable bonds is 2. The number of likely N-dealkylation sites (N-methyl/N-ethyl adjacent to an activating group) is 1. The Kier molecular flexibility index (Phi) is 4.28. The molecule has 0 aromatic carbocycles. The van der Waals surface area contributed by atoms with E-state index in [4.69, 9.17) is 5.73 Å². The van der Waals surface area contributed by atoms with E-state index >= 15 is 0 Å². The highest BCUT2D eigenvalue weighted by Crippen LogP contribution is 2.37. The van der Waals surface area contributed by atoms with Gasteiger partial charge in [0.1, 0.15) is 0 Å². The van der Waals surface area contributed by atoms with Crippen LogP contribution in [0.15, 0.2) is 0 Å². The number of carbonyl (C=O) groups is 1. The second-order valence-corrected chi connectivity index (χ2v) is 6.13. The van der Waals surface area contributed by atoms with Gasteiger partial charge >= 0.3 is 0 Å². The third-order valence-electron chi connectivity index (χ3n) is 4.90. The van der Waals surface area contributed by atoms with Crippen LogP contribution in [0.25, 0.3) is 0 Å². The first-order valence-electron chi connectivity index (χ1n) is 7.29. The van der Waals surface area contributed by atoms with Crippen LogP contribution < -0.4 is 5.73 Å². The van der Waals surface area contributed by atoms with E-state index < -0.39 is 0 Å². The third kappa shape index (κ3) is 2.54. The Morgan fingerprint density at radius 2 is 1.94 bits per heavy atom. The van der Waals surface area contributed by atoms with Gasteiger partial charge in [-0.3, -0.25) is 4.79 Å². The molecule has 1 aliphatic heterocycles. The molecule has 1 amide bonds. The van der Waals surface area contributed by atoms with Gasteiger partial charge in [-0.05, 0) is 26.8 Å². The van der Waals surface area contributed by atoms with E-state index in [-0.39, 0.29) is 5.41 Å². The van der Waals surface area contributed by atoms with Crippen molar-refractivity contribution < 1.29 is 4.79 Å². The van der Waals surface area contributed by atoms with Gasteiger partial charge in [0.15, 0.2) is 0 Å². The molecule has 2 fully saturated rings. The zero-order valence-electron chi connectivity index (χ0n) is 11.8. The highest BCUT2D eigenvalue weighted by molar-refractivity contribution is 5.83. The van der Waals surface area contributed by atoms with E-state index in [1.807, 2.05) is 0 Å². The van der Waals surface area contributed by atoms with Crippen LogP contribution in [0.3, 0.4) is 0 Å². The number of hydrogen-bond donors (Lipinski definition) is 1. The molecule has 0 bridgehead atoms. The average Bonchev–Trinajstić information content (AvgIpc) is 2.42. The molecule has 4 nitrogen and oxygen atoms in total. The Labute approximate surface area is 110 Å². The summed E-state index contributed by atoms with van der Waals surface area (Å²) >= 11 is 0. The molecule has 0 aromatic heterocycles. The lowest BCUT2D eigenvalue weighted by Gasteiger charge is -2.44. The van der Waals surface area contributed by atoms with Crippen molar-refractivity contribution in [3.63, 3.8) is 0 Å². The van der Waals surface area contributed by atoms with E-state index in [0.29, 0.717) is 18.5 Å². The lowest BCUT2D eigenvalue weighted by molar-refractivity contribution is -0.146. The molecule has 0 aromatic rings. The van der Waals surface area contributed by atoms with Crippen molar-refractivity contribution in [2.45, 2.75) is 45.1 Å². The monoisotopic (exact) mass is 253 g/mol. The lowest BCUT2D eigenvalue weighted by atomic mass is 9.73. The van der Waals surface area contributed by atoms with Crippen LogP contribution in [0, 0.1) is 5.41 Å². The number of nitrogens with two attached hydrogens (primary N) is 1. The van der Waals surface area contributed by atoms with Gasteiger partial charge < -0.3 is 15.5 Å². The summed E-state index contributed by atoms with van der Waals surface area (Å²) in [6.07, 6.45) is 5.55. The van der Waals surface area contributed by atoms with Crippen molar-refractivity contribution in [1.82, 2.24) is 9.80 Å². The fourth-order valence-corrected chi connectivity index (χ4v) is 3.30. The lowest BCUT2D eigenvalue weighted by Crippen LogP contribution is -2.57. The number of hydrogen-bond acceptors (Lipinski definition) is 3. The van der Waals surface area contributed by atoms with Crippen LogP contribution in [0.2, 0.25) is 0 Å². The van der Waals surface area contributed by atoms with Crippen LogP contribution in [-0.4, -0.2) is 55.0 Å². The Morgan fingerprint density at radius 1 is 1.28 bits per heavy atom. The summed E-state index contributed by atoms with van der Waals surface area (Å²) in [5, 5.41) is 0. The minimum Gasteiger partial charge on any atom is -0.339 e. The smallest absolute Gasteiger partial charge is 0.230 e. The Morgan fingerprint density at radius 3 is 2.50 bits per heavy atom. The van der Waals surface area contributed by atoms with E-state index in [1.54, 1.807) is 0 Å². The Balaban J connectivity index is 2.05. The number of amides is 1. The van der Waals surface area contributed by atoms with Crippen LogP contribution in [0.4, 0.5) is 0 Å². The van der Waals surface area contributed by atoms with E-state index in [0.717, 1.165) is 45.3 Å². The third-order valence-corrected chi connectivity index (χ3v) is 4.90. The van der Waals surface area contributed by atoms with E-state index in [1.165, 1.54) is 6.42 Å². The average molecular weight is 253 g/mol. The molecule has 2 N–H and O–H groups in total. The normalized spacial score (nSPS) is 29.3. The van der Waals surface area contributed by atoms with Crippen molar-refractivity contribution in [1.29, 1.82) is 0 Å². The van der Waals surface area contributed by atoms with Gasteiger partial charge in [-0.15, -0.1) is 0 Å². The zero-order chi connectivity index (χ0) is 13.2. The maximum Gasteiger partial charge on any atom is 0.230 e. The fraction of sp³-hybridized carbons (Fsp3) is 0.929. The van der Waals surface area contributed by atoms with Gasteiger partial charge in [-0.2, -0.15) is 0 Å². The highest BCUT2D eigenvalue weighted by Gasteiger charge is 2.41. The van der Waals surface area contributed by atoms with Crippen LogP contribution in [-0.2, 0) is 4.79 Å². The second-order valence-electron chi connectivity index (χ2n) is 6.13. The summed E-state index contributed by atoms with van der Waals surface area (Å²) in [6, 6.07) is 0.459. The van der Waals surface area contributed by atoms with Crippen molar-refractivity contribution >= 4 is 5.91 Å². The van der Waals surface area contributed by atoms with Gasteiger partial charge in [0.25, 0.3) is 0 Å². The molecule has 4 heteroatoms. The zero-order valence-corrected chi connectivity index (χ0v) is 11.8. The minimum atomic E-state index is -0.242.